The zero-order chi connectivity index (χ0) is 14.2. The summed E-state index contributed by atoms with van der Waals surface area (Å²) in [5, 5.41) is 10.5. The van der Waals surface area contributed by atoms with Gasteiger partial charge in [-0.2, -0.15) is 4.98 Å². The Bertz CT molecular complexity index is 708. The first-order chi connectivity index (χ1) is 8.90. The molecule has 0 atom stereocenters. The van der Waals surface area contributed by atoms with E-state index in [4.69, 9.17) is 5.11 Å². The molecule has 2 aromatic rings. The summed E-state index contributed by atoms with van der Waals surface area (Å²) in [6.45, 7) is 3.75. The van der Waals surface area contributed by atoms with Crippen molar-refractivity contribution < 1.29 is 9.90 Å². The first-order valence-electron chi connectivity index (χ1n) is 5.31. The lowest BCUT2D eigenvalue weighted by atomic mass is 10.3. The fraction of sp³-hybridized carbons (Fsp3) is 0.273. The Morgan fingerprint density at radius 3 is 2.74 bits per heavy atom. The molecule has 8 heteroatoms. The zero-order valence-corrected chi connectivity index (χ0v) is 12.6. The van der Waals surface area contributed by atoms with E-state index in [0.717, 1.165) is 21.5 Å². The number of aromatic carboxylic acids is 1. The first-order valence-corrected chi connectivity index (χ1v) is 6.98. The van der Waals surface area contributed by atoms with Gasteiger partial charge in [0.25, 0.3) is 0 Å². The van der Waals surface area contributed by atoms with Gasteiger partial charge >= 0.3 is 11.7 Å². The van der Waals surface area contributed by atoms with Gasteiger partial charge in [-0.05, 0) is 29.8 Å². The summed E-state index contributed by atoms with van der Waals surface area (Å²) < 4.78 is 2.22. The smallest absolute Gasteiger partial charge is 0.365 e. The number of hydrogen-bond acceptors (Lipinski definition) is 5. The molecule has 0 amide bonds. The van der Waals surface area contributed by atoms with Crippen LogP contribution in [0.1, 0.15) is 26.9 Å². The summed E-state index contributed by atoms with van der Waals surface area (Å²) in [7, 11) is 0. The minimum atomic E-state index is -1.07. The maximum Gasteiger partial charge on any atom is 0.365 e. The highest BCUT2D eigenvalue weighted by Gasteiger charge is 2.13. The van der Waals surface area contributed by atoms with Gasteiger partial charge in [0, 0.05) is 11.1 Å². The molecule has 0 aliphatic heterocycles. The van der Waals surface area contributed by atoms with Gasteiger partial charge in [-0.25, -0.2) is 14.6 Å². The van der Waals surface area contributed by atoms with Crippen molar-refractivity contribution >= 4 is 33.2 Å². The molecule has 0 aromatic carbocycles. The van der Waals surface area contributed by atoms with E-state index in [2.05, 4.69) is 25.9 Å². The van der Waals surface area contributed by atoms with Gasteiger partial charge in [0.2, 0.25) is 5.01 Å². The average molecular weight is 344 g/mol. The SMILES string of the molecule is Cc1nc(=O)n(Cc2csc(C(=O)O)n2)c(C)c1Br. The summed E-state index contributed by atoms with van der Waals surface area (Å²) in [5.41, 5.74) is 1.53. The number of carboxylic acid groups (broad SMARTS) is 1. The first kappa shape index (κ1) is 13.9. The van der Waals surface area contributed by atoms with Gasteiger partial charge in [-0.3, -0.25) is 4.57 Å². The molecule has 0 saturated carbocycles. The topological polar surface area (TPSA) is 85.1 Å². The number of carboxylic acids is 1. The largest absolute Gasteiger partial charge is 0.476 e. The van der Waals surface area contributed by atoms with Gasteiger partial charge < -0.3 is 5.11 Å². The van der Waals surface area contributed by atoms with E-state index in [1.807, 2.05) is 0 Å². The monoisotopic (exact) mass is 343 g/mol. The Morgan fingerprint density at radius 1 is 1.47 bits per heavy atom. The van der Waals surface area contributed by atoms with Crippen molar-refractivity contribution in [2.75, 3.05) is 0 Å². The summed E-state index contributed by atoms with van der Waals surface area (Å²) in [6, 6.07) is 0. The van der Waals surface area contributed by atoms with E-state index < -0.39 is 5.97 Å². The summed E-state index contributed by atoms with van der Waals surface area (Å²) in [5.74, 6) is -1.07. The molecule has 1 N–H and O–H groups in total. The predicted molar refractivity (Wildman–Crippen MR) is 73.8 cm³/mol. The maximum atomic E-state index is 11.8. The molecule has 0 fully saturated rings. The molecule has 0 bridgehead atoms. The number of hydrogen-bond donors (Lipinski definition) is 1. The Hall–Kier alpha value is -1.54. The summed E-state index contributed by atoms with van der Waals surface area (Å²) in [4.78, 5) is 30.5. The van der Waals surface area contributed by atoms with E-state index in [1.54, 1.807) is 19.2 Å². The number of nitrogens with zero attached hydrogens (tertiary/aromatic N) is 3. The standard InChI is InChI=1S/C11H10BrN3O3S/c1-5-8(12)6(2)15(11(18)13-5)3-7-4-19-9(14-7)10(16)17/h4H,3H2,1-2H3,(H,16,17). The normalized spacial score (nSPS) is 10.7. The van der Waals surface area contributed by atoms with Crippen LogP contribution in [0.3, 0.4) is 0 Å². The zero-order valence-electron chi connectivity index (χ0n) is 10.2. The van der Waals surface area contributed by atoms with Crippen LogP contribution in [0.15, 0.2) is 14.6 Å². The minimum absolute atomic E-state index is 0.0137. The second kappa shape index (κ2) is 5.22. The predicted octanol–water partition coefficient (Wildman–Crippen LogP) is 1.83. The number of aryl methyl sites for hydroxylation is 1. The second-order valence-electron chi connectivity index (χ2n) is 3.91. The van der Waals surface area contributed by atoms with Crippen LogP contribution in [0.2, 0.25) is 0 Å². The van der Waals surface area contributed by atoms with Gasteiger partial charge in [0.05, 0.1) is 22.4 Å². The third kappa shape index (κ3) is 2.74. The van der Waals surface area contributed by atoms with Crippen LogP contribution in [0.5, 0.6) is 0 Å². The van der Waals surface area contributed by atoms with E-state index in [1.165, 1.54) is 4.57 Å². The van der Waals surface area contributed by atoms with Crippen molar-refractivity contribution in [3.8, 4) is 0 Å². The molecular formula is C11H10BrN3O3S. The fourth-order valence-corrected chi connectivity index (χ4v) is 2.55. The van der Waals surface area contributed by atoms with Crippen LogP contribution in [-0.4, -0.2) is 25.6 Å². The van der Waals surface area contributed by atoms with Crippen LogP contribution >= 0.6 is 27.3 Å². The van der Waals surface area contributed by atoms with Gasteiger partial charge in [0.1, 0.15) is 0 Å². The number of halogens is 1. The van der Waals surface area contributed by atoms with Crippen LogP contribution in [0, 0.1) is 13.8 Å². The highest BCUT2D eigenvalue weighted by molar-refractivity contribution is 9.10. The molecule has 0 aliphatic carbocycles. The van der Waals surface area contributed by atoms with Gasteiger partial charge in [0.15, 0.2) is 0 Å². The van der Waals surface area contributed by atoms with Crippen molar-refractivity contribution in [2.45, 2.75) is 20.4 Å². The Kier molecular flexibility index (Phi) is 3.81. The molecule has 0 aliphatic rings. The number of thiazole rings is 1. The van der Waals surface area contributed by atoms with Crippen molar-refractivity contribution in [3.63, 3.8) is 0 Å². The summed E-state index contributed by atoms with van der Waals surface area (Å²) >= 11 is 4.41. The van der Waals surface area contributed by atoms with Crippen molar-refractivity contribution in [2.24, 2.45) is 0 Å². The maximum absolute atomic E-state index is 11.8. The lowest BCUT2D eigenvalue weighted by molar-refractivity contribution is 0.0696. The molecule has 0 radical (unpaired) electrons. The minimum Gasteiger partial charge on any atom is -0.476 e. The van der Waals surface area contributed by atoms with Gasteiger partial charge in [-0.15, -0.1) is 11.3 Å². The van der Waals surface area contributed by atoms with E-state index in [9.17, 15) is 9.59 Å². The lowest BCUT2D eigenvalue weighted by Gasteiger charge is -2.10. The molecule has 2 aromatic heterocycles. The van der Waals surface area contributed by atoms with Crippen LogP contribution in [-0.2, 0) is 6.54 Å². The molecular weight excluding hydrogens is 334 g/mol. The number of rotatable bonds is 3. The van der Waals surface area contributed by atoms with E-state index >= 15 is 0 Å². The molecule has 0 spiro atoms. The molecule has 0 saturated heterocycles. The number of aromatic nitrogens is 3. The third-order valence-corrected chi connectivity index (χ3v) is 4.62. The average Bonchev–Trinajstić information content (AvgIpc) is 2.81. The van der Waals surface area contributed by atoms with E-state index in [-0.39, 0.29) is 17.2 Å². The van der Waals surface area contributed by atoms with Crippen LogP contribution < -0.4 is 5.69 Å². The molecule has 0 unspecified atom stereocenters. The summed E-state index contributed by atoms with van der Waals surface area (Å²) in [6.07, 6.45) is 0. The quantitative estimate of drug-likeness (QED) is 0.918. The highest BCUT2D eigenvalue weighted by Crippen LogP contribution is 2.18. The molecule has 2 rings (SSSR count). The Labute approximate surface area is 120 Å². The Morgan fingerprint density at radius 2 is 2.16 bits per heavy atom. The van der Waals surface area contributed by atoms with Gasteiger partial charge in [-0.1, -0.05) is 0 Å². The van der Waals surface area contributed by atoms with Crippen molar-refractivity contribution in [1.82, 2.24) is 14.5 Å². The fourth-order valence-electron chi connectivity index (χ4n) is 1.60. The molecule has 2 heterocycles. The van der Waals surface area contributed by atoms with Crippen molar-refractivity contribution in [3.05, 3.63) is 42.4 Å². The third-order valence-electron chi connectivity index (χ3n) is 2.59. The highest BCUT2D eigenvalue weighted by atomic mass is 79.9. The van der Waals surface area contributed by atoms with Crippen LogP contribution in [0.4, 0.5) is 0 Å². The molecule has 19 heavy (non-hydrogen) atoms. The van der Waals surface area contributed by atoms with Crippen molar-refractivity contribution in [1.29, 1.82) is 0 Å². The van der Waals surface area contributed by atoms with E-state index in [0.29, 0.717) is 11.4 Å². The van der Waals surface area contributed by atoms with Crippen LogP contribution in [0.25, 0.3) is 0 Å². The number of carbonyl (C=O) groups is 1. The lowest BCUT2D eigenvalue weighted by Crippen LogP contribution is -2.27. The Balaban J connectivity index is 2.41. The molecule has 100 valence electrons. The molecule has 6 nitrogen and oxygen atoms in total. The second-order valence-corrected chi connectivity index (χ2v) is 5.57.